The summed E-state index contributed by atoms with van der Waals surface area (Å²) >= 11 is 14.7. The van der Waals surface area contributed by atoms with Gasteiger partial charge in [0.25, 0.3) is 11.8 Å². The number of aromatic nitrogens is 1. The van der Waals surface area contributed by atoms with E-state index >= 15 is 0 Å². The number of carbonyl (C=O) groups is 2. The minimum atomic E-state index is -0.373. The van der Waals surface area contributed by atoms with E-state index in [2.05, 4.69) is 15.6 Å². The molecule has 186 valence electrons. The van der Waals surface area contributed by atoms with Gasteiger partial charge in [-0.3, -0.25) is 14.9 Å². The van der Waals surface area contributed by atoms with Crippen LogP contribution in [0, 0.1) is 0 Å². The van der Waals surface area contributed by atoms with E-state index in [1.54, 1.807) is 48.5 Å². The molecule has 2 amide bonds. The average molecular weight is 563 g/mol. The lowest BCUT2D eigenvalue weighted by Crippen LogP contribution is -2.16. The van der Waals surface area contributed by atoms with Crippen LogP contribution in [0.3, 0.4) is 0 Å². The number of halogens is 2. The van der Waals surface area contributed by atoms with Crippen molar-refractivity contribution < 1.29 is 19.1 Å². The standard InChI is InChI=1S/C21H13Cl2N3O2S2.C4H8O2/c22-13-9-7-12(8-10-13)18(27)25-20-17(16-6-3-11-29-16)24-21(30-20)26-19(28)14-4-1-2-5-15(14)23;1-2-6-4-3-5-1/h1-11H,(H,25,27)(H,24,26,28);1-4H2. The van der Waals surface area contributed by atoms with Gasteiger partial charge in [-0.15, -0.1) is 11.3 Å². The number of nitrogens with one attached hydrogen (secondary N) is 2. The van der Waals surface area contributed by atoms with E-state index in [4.69, 9.17) is 32.7 Å². The Kier molecular flexibility index (Phi) is 9.46. The second kappa shape index (κ2) is 13.0. The van der Waals surface area contributed by atoms with Crippen molar-refractivity contribution in [1.82, 2.24) is 4.98 Å². The molecule has 1 saturated heterocycles. The maximum Gasteiger partial charge on any atom is 0.258 e. The molecule has 4 aromatic rings. The van der Waals surface area contributed by atoms with Crippen LogP contribution in [0.4, 0.5) is 10.1 Å². The molecular formula is C25H21Cl2N3O4S2. The van der Waals surface area contributed by atoms with Crippen LogP contribution in [0.5, 0.6) is 0 Å². The van der Waals surface area contributed by atoms with Gasteiger partial charge >= 0.3 is 0 Å². The lowest BCUT2D eigenvalue weighted by atomic mass is 10.2. The molecule has 2 aromatic carbocycles. The van der Waals surface area contributed by atoms with Gasteiger partial charge in [0.15, 0.2) is 5.13 Å². The van der Waals surface area contributed by atoms with Crippen LogP contribution in [0.1, 0.15) is 20.7 Å². The van der Waals surface area contributed by atoms with Crippen molar-refractivity contribution in [2.75, 3.05) is 37.1 Å². The third kappa shape index (κ3) is 7.13. The maximum atomic E-state index is 12.7. The number of hydrogen-bond donors (Lipinski definition) is 2. The summed E-state index contributed by atoms with van der Waals surface area (Å²) in [5.74, 6) is -0.667. The number of thiophene rings is 1. The highest BCUT2D eigenvalue weighted by Gasteiger charge is 2.19. The Bertz CT molecular complexity index is 1300. The fourth-order valence-electron chi connectivity index (χ4n) is 3.06. The molecule has 0 spiro atoms. The normalized spacial score (nSPS) is 12.8. The molecule has 11 heteroatoms. The summed E-state index contributed by atoms with van der Waals surface area (Å²) in [4.78, 5) is 30.7. The fourth-order valence-corrected chi connectivity index (χ4v) is 5.07. The molecule has 1 aliphatic rings. The molecule has 5 rings (SSSR count). The molecule has 3 heterocycles. The first-order valence-electron chi connectivity index (χ1n) is 10.8. The highest BCUT2D eigenvalue weighted by atomic mass is 35.5. The summed E-state index contributed by atoms with van der Waals surface area (Å²) in [6.07, 6.45) is 0. The van der Waals surface area contributed by atoms with Crippen LogP contribution in [0.25, 0.3) is 10.6 Å². The quantitative estimate of drug-likeness (QED) is 0.282. The minimum Gasteiger partial charge on any atom is -0.377 e. The Labute approximate surface area is 226 Å². The highest BCUT2D eigenvalue weighted by molar-refractivity contribution is 7.21. The molecule has 1 fully saturated rings. The van der Waals surface area contributed by atoms with Gasteiger partial charge in [0.2, 0.25) is 0 Å². The number of thiazole rings is 1. The number of hydrogen-bond acceptors (Lipinski definition) is 7. The molecule has 0 aliphatic carbocycles. The van der Waals surface area contributed by atoms with E-state index in [0.717, 1.165) is 31.3 Å². The van der Waals surface area contributed by atoms with Gasteiger partial charge in [-0.05, 0) is 47.8 Å². The van der Waals surface area contributed by atoms with Crippen LogP contribution < -0.4 is 10.6 Å². The Morgan fingerprint density at radius 3 is 2.14 bits per heavy atom. The van der Waals surface area contributed by atoms with Gasteiger partial charge in [0.05, 0.1) is 41.9 Å². The molecule has 0 bridgehead atoms. The number of carbonyl (C=O) groups excluding carboxylic acids is 2. The zero-order valence-electron chi connectivity index (χ0n) is 18.8. The van der Waals surface area contributed by atoms with Gasteiger partial charge in [-0.2, -0.15) is 0 Å². The smallest absolute Gasteiger partial charge is 0.258 e. The Hall–Kier alpha value is -2.79. The SMILES string of the molecule is C1COCCO1.O=C(Nc1sc(NC(=O)c2ccccc2Cl)nc1-c1cccs1)c1ccc(Cl)cc1. The van der Waals surface area contributed by atoms with Gasteiger partial charge in [0, 0.05) is 10.6 Å². The summed E-state index contributed by atoms with van der Waals surface area (Å²) in [6, 6.07) is 17.1. The first kappa shape index (κ1) is 26.3. The first-order chi connectivity index (χ1) is 17.5. The summed E-state index contributed by atoms with van der Waals surface area (Å²) < 4.78 is 9.89. The summed E-state index contributed by atoms with van der Waals surface area (Å²) in [5, 5.41) is 9.35. The summed E-state index contributed by atoms with van der Waals surface area (Å²) in [7, 11) is 0. The van der Waals surface area contributed by atoms with Crippen molar-refractivity contribution in [3.8, 4) is 10.6 Å². The van der Waals surface area contributed by atoms with E-state index in [1.165, 1.54) is 22.7 Å². The van der Waals surface area contributed by atoms with Crippen molar-refractivity contribution >= 4 is 67.8 Å². The number of anilines is 2. The fraction of sp³-hybridized carbons (Fsp3) is 0.160. The van der Waals surface area contributed by atoms with Crippen molar-refractivity contribution in [2.45, 2.75) is 0 Å². The third-order valence-corrected chi connectivity index (χ3v) is 7.14. The number of nitrogens with zero attached hydrogens (tertiary/aromatic N) is 1. The number of benzene rings is 2. The average Bonchev–Trinajstić information content (AvgIpc) is 3.56. The van der Waals surface area contributed by atoms with Crippen LogP contribution >= 0.6 is 45.9 Å². The molecule has 7 nitrogen and oxygen atoms in total. The molecule has 0 saturated carbocycles. The van der Waals surface area contributed by atoms with Crippen LogP contribution in [-0.4, -0.2) is 43.2 Å². The maximum absolute atomic E-state index is 12.7. The van der Waals surface area contributed by atoms with Crippen molar-refractivity contribution in [2.24, 2.45) is 0 Å². The first-order valence-corrected chi connectivity index (χ1v) is 13.3. The Morgan fingerprint density at radius 1 is 0.833 bits per heavy atom. The Morgan fingerprint density at radius 2 is 1.53 bits per heavy atom. The summed E-state index contributed by atoms with van der Waals surface area (Å²) in [5.41, 5.74) is 1.40. The second-order valence-corrected chi connectivity index (χ2v) is 10.1. The van der Waals surface area contributed by atoms with Crippen molar-refractivity contribution in [3.63, 3.8) is 0 Å². The van der Waals surface area contributed by atoms with Crippen LogP contribution in [0.2, 0.25) is 10.0 Å². The molecular weight excluding hydrogens is 541 g/mol. The number of amides is 2. The molecule has 36 heavy (non-hydrogen) atoms. The third-order valence-electron chi connectivity index (χ3n) is 4.80. The van der Waals surface area contributed by atoms with Crippen LogP contribution in [-0.2, 0) is 9.47 Å². The monoisotopic (exact) mass is 561 g/mol. The van der Waals surface area contributed by atoms with Gasteiger partial charge in [0.1, 0.15) is 10.7 Å². The molecule has 1 aliphatic heterocycles. The molecule has 0 radical (unpaired) electrons. The second-order valence-electron chi connectivity index (χ2n) is 7.29. The van der Waals surface area contributed by atoms with Gasteiger partial charge in [-0.25, -0.2) is 4.98 Å². The Balaban J connectivity index is 0.000000445. The van der Waals surface area contributed by atoms with Gasteiger partial charge < -0.3 is 14.8 Å². The lowest BCUT2D eigenvalue weighted by Gasteiger charge is -2.09. The zero-order valence-corrected chi connectivity index (χ0v) is 22.0. The number of rotatable bonds is 5. The van der Waals surface area contributed by atoms with E-state index in [0.29, 0.717) is 37.0 Å². The molecule has 0 atom stereocenters. The predicted octanol–water partition coefficient (Wildman–Crippen LogP) is 6.72. The summed E-state index contributed by atoms with van der Waals surface area (Å²) in [6.45, 7) is 3.11. The largest absolute Gasteiger partial charge is 0.377 e. The zero-order chi connectivity index (χ0) is 25.3. The van der Waals surface area contributed by atoms with Crippen molar-refractivity contribution in [1.29, 1.82) is 0 Å². The molecule has 0 unspecified atom stereocenters. The molecule has 2 aromatic heterocycles. The van der Waals surface area contributed by atoms with Gasteiger partial charge in [-0.1, -0.05) is 52.7 Å². The topological polar surface area (TPSA) is 89.5 Å². The number of ether oxygens (including phenoxy) is 2. The van der Waals surface area contributed by atoms with Crippen LogP contribution in [0.15, 0.2) is 66.0 Å². The van der Waals surface area contributed by atoms with E-state index in [1.807, 2.05) is 17.5 Å². The lowest BCUT2D eigenvalue weighted by molar-refractivity contribution is -0.0334. The minimum absolute atomic E-state index is 0.294. The van der Waals surface area contributed by atoms with E-state index < -0.39 is 0 Å². The molecule has 2 N–H and O–H groups in total. The highest BCUT2D eigenvalue weighted by Crippen LogP contribution is 2.38. The van der Waals surface area contributed by atoms with E-state index in [9.17, 15) is 9.59 Å². The van der Waals surface area contributed by atoms with Crippen molar-refractivity contribution in [3.05, 3.63) is 87.2 Å². The van der Waals surface area contributed by atoms with E-state index in [-0.39, 0.29) is 11.8 Å². The predicted molar refractivity (Wildman–Crippen MR) is 146 cm³/mol.